The van der Waals surface area contributed by atoms with Crippen molar-refractivity contribution in [3.63, 3.8) is 0 Å². The molecule has 78 heavy (non-hydrogen) atoms. The van der Waals surface area contributed by atoms with Crippen LogP contribution in [0.25, 0.3) is 0 Å². The maximum Gasteiger partial charge on any atom is 0.308 e. The number of fused-ring (bicyclic) bond motifs is 8. The Morgan fingerprint density at radius 1 is 0.756 bits per heavy atom. The average Bonchev–Trinajstić information content (AvgIpc) is 3.32. The quantitative estimate of drug-likeness (QED) is 0.122. The molecule has 0 amide bonds. The van der Waals surface area contributed by atoms with Gasteiger partial charge in [0.15, 0.2) is 17.4 Å². The molecular weight excluding hydrogens is 1020 g/mol. The van der Waals surface area contributed by atoms with E-state index >= 15 is 0 Å². The molecule has 2 spiro atoms. The normalized spacial score (nSPS) is 46.6. The number of methoxy groups -OCH3 is 1. The molecule has 6 fully saturated rings. The molecular formula is C58H90O20. The number of hydrogen-bond donors (Lipinski definition) is 6. The van der Waals surface area contributed by atoms with Crippen molar-refractivity contribution in [3.05, 3.63) is 36.5 Å². The minimum atomic E-state index is -2.32. The molecule has 7 heterocycles. The average molecular weight is 1110 g/mol. The molecule has 20 nitrogen and oxygen atoms in total. The molecule has 23 atom stereocenters. The Morgan fingerprint density at radius 3 is 2.09 bits per heavy atom. The fraction of sp³-hybridized carbons (Fsp3) is 0.828. The maximum absolute atomic E-state index is 14.4. The summed E-state index contributed by atoms with van der Waals surface area (Å²) in [5.74, 6) is -10.2. The maximum atomic E-state index is 14.4. The van der Waals surface area contributed by atoms with Gasteiger partial charge in [0.1, 0.15) is 36.3 Å². The number of carbonyl (C=O) groups excluding carboxylic acids is 4. The first kappa shape index (κ1) is 62.4. The van der Waals surface area contributed by atoms with Crippen LogP contribution in [0.1, 0.15) is 158 Å². The van der Waals surface area contributed by atoms with Crippen molar-refractivity contribution in [2.24, 2.45) is 23.7 Å². The van der Waals surface area contributed by atoms with E-state index in [-0.39, 0.29) is 69.7 Å². The first-order chi connectivity index (χ1) is 36.5. The van der Waals surface area contributed by atoms with Gasteiger partial charge in [-0.25, -0.2) is 0 Å². The van der Waals surface area contributed by atoms with Crippen LogP contribution in [0.2, 0.25) is 0 Å². The summed E-state index contributed by atoms with van der Waals surface area (Å²) in [6.45, 7) is 21.2. The van der Waals surface area contributed by atoms with Gasteiger partial charge in [-0.1, -0.05) is 57.6 Å². The number of allylic oxidation sites excluding steroid dienone is 1. The highest BCUT2D eigenvalue weighted by Crippen LogP contribution is 2.48. The van der Waals surface area contributed by atoms with Crippen molar-refractivity contribution in [1.82, 2.24) is 0 Å². The molecule has 442 valence electrons. The number of hydrogen-bond acceptors (Lipinski definition) is 20. The summed E-state index contributed by atoms with van der Waals surface area (Å²) in [5.41, 5.74) is -0.231. The minimum Gasteiger partial charge on any atom is -0.462 e. The van der Waals surface area contributed by atoms with Crippen molar-refractivity contribution in [2.75, 3.05) is 7.11 Å². The number of ether oxygens (including phenoxy) is 10. The van der Waals surface area contributed by atoms with Crippen LogP contribution < -0.4 is 0 Å². The van der Waals surface area contributed by atoms with Gasteiger partial charge in [0.2, 0.25) is 0 Å². The van der Waals surface area contributed by atoms with E-state index in [0.717, 1.165) is 0 Å². The third-order valence-electron chi connectivity index (χ3n) is 17.4. The number of carbonyl (C=O) groups is 4. The molecule has 7 rings (SSSR count). The van der Waals surface area contributed by atoms with Crippen molar-refractivity contribution in [3.8, 4) is 0 Å². The van der Waals surface area contributed by atoms with Crippen LogP contribution in [0, 0.1) is 23.7 Å². The molecule has 6 N–H and O–H groups in total. The second-order valence-electron chi connectivity index (χ2n) is 24.6. The first-order valence-corrected chi connectivity index (χ1v) is 28.3. The largest absolute Gasteiger partial charge is 0.462 e. The van der Waals surface area contributed by atoms with Crippen LogP contribution in [0.3, 0.4) is 0 Å². The fourth-order valence-electron chi connectivity index (χ4n) is 13.5. The number of aliphatic hydroxyl groups excluding tert-OH is 4. The van der Waals surface area contributed by atoms with Gasteiger partial charge in [-0.15, -0.1) is 6.58 Å². The Labute approximate surface area is 459 Å². The lowest BCUT2D eigenvalue weighted by Crippen LogP contribution is -2.65. The molecule has 0 aromatic heterocycles. The summed E-state index contributed by atoms with van der Waals surface area (Å²) in [6, 6.07) is 0. The summed E-state index contributed by atoms with van der Waals surface area (Å²) in [5, 5.41) is 70.8. The monoisotopic (exact) mass is 1110 g/mol. The smallest absolute Gasteiger partial charge is 0.308 e. The predicted octanol–water partition coefficient (Wildman–Crippen LogP) is 4.87. The summed E-state index contributed by atoms with van der Waals surface area (Å²) in [4.78, 5) is 53.9. The van der Waals surface area contributed by atoms with Gasteiger partial charge < -0.3 is 78.0 Å². The lowest BCUT2D eigenvalue weighted by molar-refractivity contribution is -0.351. The van der Waals surface area contributed by atoms with Gasteiger partial charge in [-0.2, -0.15) is 0 Å². The lowest BCUT2D eigenvalue weighted by atomic mass is 9.78. The van der Waals surface area contributed by atoms with E-state index in [1.54, 1.807) is 41.7 Å². The second-order valence-corrected chi connectivity index (χ2v) is 24.6. The third-order valence-corrected chi connectivity index (χ3v) is 17.4. The molecule has 10 bridgehead atoms. The number of rotatable bonds is 5. The lowest BCUT2D eigenvalue weighted by Gasteiger charge is -2.52. The van der Waals surface area contributed by atoms with Crippen molar-refractivity contribution in [1.29, 1.82) is 0 Å². The Balaban J connectivity index is 1.21. The molecule has 0 aliphatic carbocycles. The van der Waals surface area contributed by atoms with Crippen LogP contribution in [-0.2, 0) is 66.5 Å². The minimum absolute atomic E-state index is 0.00139. The molecule has 0 aromatic carbocycles. The zero-order valence-electron chi connectivity index (χ0n) is 47.3. The number of ketones is 1. The molecule has 0 saturated carbocycles. The molecule has 0 aromatic rings. The molecule has 0 unspecified atom stereocenters. The third kappa shape index (κ3) is 15.3. The van der Waals surface area contributed by atoms with Gasteiger partial charge in [0.25, 0.3) is 0 Å². The van der Waals surface area contributed by atoms with Crippen LogP contribution in [0.15, 0.2) is 36.5 Å². The van der Waals surface area contributed by atoms with E-state index in [1.165, 1.54) is 13.8 Å². The zero-order chi connectivity index (χ0) is 57.2. The highest BCUT2D eigenvalue weighted by Gasteiger charge is 2.58. The first-order valence-electron chi connectivity index (χ1n) is 28.3. The van der Waals surface area contributed by atoms with E-state index in [1.807, 2.05) is 19.1 Å². The van der Waals surface area contributed by atoms with Crippen LogP contribution >= 0.6 is 0 Å². The Hall–Kier alpha value is -3.22. The van der Waals surface area contributed by atoms with Crippen LogP contribution in [-0.4, -0.2) is 176 Å². The van der Waals surface area contributed by atoms with Gasteiger partial charge >= 0.3 is 17.9 Å². The van der Waals surface area contributed by atoms with Crippen LogP contribution in [0.4, 0.5) is 0 Å². The highest BCUT2D eigenvalue weighted by atomic mass is 16.7. The van der Waals surface area contributed by atoms with Gasteiger partial charge in [-0.05, 0) is 46.0 Å². The number of Topliss-reactive ketones (excluding diaryl/α,β-unsaturated/α-hetero) is 1. The standard InChI is InChI=1S/C58H90O20/c1-30(2)17-48-50(65)52-35(7)53(72-48)54(66)58(68)28-46(63)33(5)47(78-58)16-14-12-13-15-39-19-38(61)24-56(74-39)26-42(69-11)20-40(75-56)22-45(62)34(6)51(71-37(9)60)32(4)31(3)18-44-25-55(10,67)29-57(77-44)27-43(70-36(8)59)21-41(76-57)23-49(64)73-52/h13,15,32-35,38-44,46-48,50-54,61,63,65-68H,1,3,12,14,16-29H2,2,4-11H3/t32-,33-,34-,35-,38+,39+,40+,41-,42+,43+,44+,46+,47-,48-,50-,51+,52-,53-,54+,55+,56-,57-,58-/m1/s1. The SMILES string of the molecule is C=C(C)C[C@H]1O[C@@H]2[C@H](C)[C@@H](OC(=O)C[C@H]3C[C@H](OC(C)=O)C[C@@]4(C[C@@](C)(O)C[C@H](CC(=C)[C@@H](C)[C@H](OC(C)=O)[C@H](C)C(=O)C[C@@H]5C[C@H](OC)C[C@@]6(C[C@@H](O)C[C@H](C=CCCC[C@H]7O[C@](O)(C[C@H](O)[C@H]7C)[C@H]2O)O6)O5)O4)O3)[C@@H]1O. The van der Waals surface area contributed by atoms with Crippen molar-refractivity contribution in [2.45, 2.75) is 273 Å². The highest BCUT2D eigenvalue weighted by molar-refractivity contribution is 5.82. The Kier molecular flexibility index (Phi) is 20.4. The fourth-order valence-corrected chi connectivity index (χ4v) is 13.5. The summed E-state index contributed by atoms with van der Waals surface area (Å²) < 4.78 is 63.1. The van der Waals surface area contributed by atoms with E-state index in [4.69, 9.17) is 47.4 Å². The summed E-state index contributed by atoms with van der Waals surface area (Å²) >= 11 is 0. The van der Waals surface area contributed by atoms with Gasteiger partial charge in [-0.3, -0.25) is 19.2 Å². The van der Waals surface area contributed by atoms with E-state index < -0.39 is 156 Å². The molecule has 0 radical (unpaired) electrons. The summed E-state index contributed by atoms with van der Waals surface area (Å²) in [7, 11) is 1.58. The number of esters is 3. The van der Waals surface area contributed by atoms with E-state index in [2.05, 4.69) is 13.2 Å². The van der Waals surface area contributed by atoms with Gasteiger partial charge in [0.05, 0.1) is 79.0 Å². The molecule has 7 aliphatic heterocycles. The summed E-state index contributed by atoms with van der Waals surface area (Å²) in [6.07, 6.45) is -8.71. The van der Waals surface area contributed by atoms with E-state index in [0.29, 0.717) is 49.7 Å². The van der Waals surface area contributed by atoms with Crippen molar-refractivity contribution < 1.29 is 97.2 Å². The Bertz CT molecular complexity index is 2170. The van der Waals surface area contributed by atoms with E-state index in [9.17, 15) is 49.8 Å². The molecule has 7 aliphatic rings. The van der Waals surface area contributed by atoms with Gasteiger partial charge in [0, 0.05) is 103 Å². The number of aliphatic hydroxyl groups is 6. The van der Waals surface area contributed by atoms with Crippen molar-refractivity contribution >= 4 is 23.7 Å². The topological polar surface area (TPSA) is 282 Å². The Morgan fingerprint density at radius 2 is 1.41 bits per heavy atom. The molecule has 20 heteroatoms. The van der Waals surface area contributed by atoms with Crippen LogP contribution in [0.5, 0.6) is 0 Å². The second kappa shape index (κ2) is 25.5. The zero-order valence-corrected chi connectivity index (χ0v) is 47.3. The molecule has 6 saturated heterocycles. The predicted molar refractivity (Wildman–Crippen MR) is 279 cm³/mol.